The standard InChI is InChI=1S/C16H23N/c1-12-10-14-11-15(6-7-16(14)13(12)2)17-8-4-3-5-9-17/h6-7,11-13H,3-5,8-10H2,1-2H3. The molecule has 1 saturated heterocycles. The summed E-state index contributed by atoms with van der Waals surface area (Å²) in [7, 11) is 0. The molecule has 0 bridgehead atoms. The number of piperidine rings is 1. The summed E-state index contributed by atoms with van der Waals surface area (Å²) in [5, 5.41) is 0. The van der Waals surface area contributed by atoms with Crippen molar-refractivity contribution in [2.75, 3.05) is 18.0 Å². The van der Waals surface area contributed by atoms with E-state index < -0.39 is 0 Å². The van der Waals surface area contributed by atoms with Crippen molar-refractivity contribution < 1.29 is 0 Å². The lowest BCUT2D eigenvalue weighted by Crippen LogP contribution is -2.29. The summed E-state index contributed by atoms with van der Waals surface area (Å²) in [6.45, 7) is 7.26. The predicted octanol–water partition coefficient (Wildman–Crippen LogP) is 3.97. The van der Waals surface area contributed by atoms with E-state index in [-0.39, 0.29) is 0 Å². The minimum atomic E-state index is 0.750. The molecule has 1 aliphatic heterocycles. The number of nitrogens with zero attached hydrogens (tertiary/aromatic N) is 1. The molecule has 1 aromatic rings. The Morgan fingerprint density at radius 2 is 1.82 bits per heavy atom. The highest BCUT2D eigenvalue weighted by Gasteiger charge is 2.26. The fourth-order valence-corrected chi connectivity index (χ4v) is 3.39. The van der Waals surface area contributed by atoms with Crippen LogP contribution in [-0.2, 0) is 6.42 Å². The Morgan fingerprint density at radius 3 is 2.59 bits per heavy atom. The van der Waals surface area contributed by atoms with Gasteiger partial charge < -0.3 is 4.90 Å². The van der Waals surface area contributed by atoms with Crippen molar-refractivity contribution in [2.45, 2.75) is 45.4 Å². The average molecular weight is 229 g/mol. The van der Waals surface area contributed by atoms with Gasteiger partial charge in [-0.15, -0.1) is 0 Å². The van der Waals surface area contributed by atoms with E-state index in [2.05, 4.69) is 36.9 Å². The first-order valence-electron chi connectivity index (χ1n) is 7.13. The van der Waals surface area contributed by atoms with Gasteiger partial charge in [-0.25, -0.2) is 0 Å². The second kappa shape index (κ2) is 4.36. The van der Waals surface area contributed by atoms with Crippen LogP contribution in [0.4, 0.5) is 5.69 Å². The molecule has 0 spiro atoms. The van der Waals surface area contributed by atoms with E-state index in [4.69, 9.17) is 0 Å². The van der Waals surface area contributed by atoms with Crippen LogP contribution >= 0.6 is 0 Å². The molecule has 0 aromatic heterocycles. The number of rotatable bonds is 1. The number of anilines is 1. The van der Waals surface area contributed by atoms with Crippen LogP contribution < -0.4 is 4.90 Å². The second-order valence-corrected chi connectivity index (χ2v) is 5.90. The van der Waals surface area contributed by atoms with Gasteiger partial charge in [0.15, 0.2) is 0 Å². The average Bonchev–Trinajstić information content (AvgIpc) is 2.66. The predicted molar refractivity (Wildman–Crippen MR) is 73.8 cm³/mol. The molecule has 17 heavy (non-hydrogen) atoms. The van der Waals surface area contributed by atoms with Gasteiger partial charge >= 0.3 is 0 Å². The molecular weight excluding hydrogens is 206 g/mol. The summed E-state index contributed by atoms with van der Waals surface area (Å²) in [5.41, 5.74) is 4.66. The van der Waals surface area contributed by atoms with E-state index in [0.29, 0.717) is 0 Å². The zero-order chi connectivity index (χ0) is 11.8. The molecule has 0 amide bonds. The molecule has 1 fully saturated rings. The van der Waals surface area contributed by atoms with Crippen molar-refractivity contribution in [3.05, 3.63) is 29.3 Å². The van der Waals surface area contributed by atoms with Gasteiger partial charge in [0.25, 0.3) is 0 Å². The van der Waals surface area contributed by atoms with Crippen molar-refractivity contribution in [3.63, 3.8) is 0 Å². The van der Waals surface area contributed by atoms with Crippen molar-refractivity contribution >= 4 is 5.69 Å². The maximum absolute atomic E-state index is 2.57. The quantitative estimate of drug-likeness (QED) is 0.704. The Kier molecular flexibility index (Phi) is 2.85. The molecule has 0 N–H and O–H groups in total. The van der Waals surface area contributed by atoms with Gasteiger partial charge in [-0.05, 0) is 60.8 Å². The molecule has 2 atom stereocenters. The molecule has 0 saturated carbocycles. The van der Waals surface area contributed by atoms with Gasteiger partial charge in [0.2, 0.25) is 0 Å². The van der Waals surface area contributed by atoms with E-state index >= 15 is 0 Å². The first-order valence-corrected chi connectivity index (χ1v) is 7.13. The summed E-state index contributed by atoms with van der Waals surface area (Å²) in [6, 6.07) is 7.19. The van der Waals surface area contributed by atoms with E-state index in [1.54, 1.807) is 11.1 Å². The minimum absolute atomic E-state index is 0.750. The fourth-order valence-electron chi connectivity index (χ4n) is 3.39. The van der Waals surface area contributed by atoms with Crippen LogP contribution in [0.1, 0.15) is 50.2 Å². The Balaban J connectivity index is 1.86. The Labute approximate surface area is 105 Å². The van der Waals surface area contributed by atoms with Crippen molar-refractivity contribution in [1.29, 1.82) is 0 Å². The third-order valence-corrected chi connectivity index (χ3v) is 4.73. The highest BCUT2D eigenvalue weighted by Crippen LogP contribution is 2.39. The van der Waals surface area contributed by atoms with E-state index in [1.807, 2.05) is 0 Å². The van der Waals surface area contributed by atoms with Crippen LogP contribution in [0.3, 0.4) is 0 Å². The van der Waals surface area contributed by atoms with Crippen molar-refractivity contribution in [1.82, 2.24) is 0 Å². The summed E-state index contributed by atoms with van der Waals surface area (Å²) in [4.78, 5) is 2.57. The Morgan fingerprint density at radius 1 is 1.06 bits per heavy atom. The zero-order valence-corrected chi connectivity index (χ0v) is 11.1. The normalized spacial score (nSPS) is 28.2. The van der Waals surface area contributed by atoms with Crippen molar-refractivity contribution in [2.24, 2.45) is 5.92 Å². The molecular formula is C16H23N. The molecule has 1 aliphatic carbocycles. The molecule has 2 unspecified atom stereocenters. The van der Waals surface area contributed by atoms with Crippen molar-refractivity contribution in [3.8, 4) is 0 Å². The zero-order valence-electron chi connectivity index (χ0n) is 11.1. The van der Waals surface area contributed by atoms with E-state index in [9.17, 15) is 0 Å². The smallest absolute Gasteiger partial charge is 0.0369 e. The lowest BCUT2D eigenvalue weighted by atomic mass is 9.96. The van der Waals surface area contributed by atoms with Crippen LogP contribution in [0.15, 0.2) is 18.2 Å². The van der Waals surface area contributed by atoms with Gasteiger partial charge in [-0.3, -0.25) is 0 Å². The summed E-state index contributed by atoms with van der Waals surface area (Å²) < 4.78 is 0. The number of benzene rings is 1. The molecule has 1 heterocycles. The van der Waals surface area contributed by atoms with Gasteiger partial charge in [0.05, 0.1) is 0 Å². The number of fused-ring (bicyclic) bond motifs is 1. The minimum Gasteiger partial charge on any atom is -0.372 e. The highest BCUT2D eigenvalue weighted by atomic mass is 15.1. The first-order chi connectivity index (χ1) is 8.25. The van der Waals surface area contributed by atoms with Crippen LogP contribution in [0.5, 0.6) is 0 Å². The molecule has 92 valence electrons. The highest BCUT2D eigenvalue weighted by molar-refractivity contribution is 5.53. The van der Waals surface area contributed by atoms with Gasteiger partial charge in [0, 0.05) is 18.8 Å². The first kappa shape index (κ1) is 11.1. The lowest BCUT2D eigenvalue weighted by Gasteiger charge is -2.29. The van der Waals surface area contributed by atoms with Crippen LogP contribution in [-0.4, -0.2) is 13.1 Å². The molecule has 1 aromatic carbocycles. The Bertz CT molecular complexity index is 404. The van der Waals surface area contributed by atoms with Gasteiger partial charge in [-0.1, -0.05) is 19.9 Å². The monoisotopic (exact) mass is 229 g/mol. The maximum Gasteiger partial charge on any atom is 0.0369 e. The van der Waals surface area contributed by atoms with Gasteiger partial charge in [-0.2, -0.15) is 0 Å². The Hall–Kier alpha value is -0.980. The number of hydrogen-bond acceptors (Lipinski definition) is 1. The molecule has 2 aliphatic rings. The largest absolute Gasteiger partial charge is 0.372 e. The third-order valence-electron chi connectivity index (χ3n) is 4.73. The summed E-state index contributed by atoms with van der Waals surface area (Å²) in [6.07, 6.45) is 5.42. The molecule has 3 rings (SSSR count). The van der Waals surface area contributed by atoms with Crippen LogP contribution in [0.25, 0.3) is 0 Å². The number of hydrogen-bond donors (Lipinski definition) is 0. The van der Waals surface area contributed by atoms with E-state index in [0.717, 1.165) is 11.8 Å². The lowest BCUT2D eigenvalue weighted by molar-refractivity contribution is 0.532. The fraction of sp³-hybridized carbons (Fsp3) is 0.625. The van der Waals surface area contributed by atoms with E-state index in [1.165, 1.54) is 44.5 Å². The van der Waals surface area contributed by atoms with Gasteiger partial charge in [0.1, 0.15) is 0 Å². The topological polar surface area (TPSA) is 3.24 Å². The molecule has 0 radical (unpaired) electrons. The third kappa shape index (κ3) is 1.96. The maximum atomic E-state index is 2.57. The second-order valence-electron chi connectivity index (χ2n) is 5.90. The summed E-state index contributed by atoms with van der Waals surface area (Å²) >= 11 is 0. The molecule has 1 heteroatoms. The summed E-state index contributed by atoms with van der Waals surface area (Å²) in [5.74, 6) is 1.57. The van der Waals surface area contributed by atoms with Crippen LogP contribution in [0.2, 0.25) is 0 Å². The van der Waals surface area contributed by atoms with Crippen LogP contribution in [0, 0.1) is 5.92 Å². The SMILES string of the molecule is CC1Cc2cc(N3CCCCC3)ccc2C1C. The molecule has 1 nitrogen and oxygen atoms in total.